The number of nitrogens with zero attached hydrogens (tertiary/aromatic N) is 1. The predicted molar refractivity (Wildman–Crippen MR) is 84.4 cm³/mol. The highest BCUT2D eigenvalue weighted by Gasteiger charge is 2.35. The average Bonchev–Trinajstić information content (AvgIpc) is 2.93. The Bertz CT molecular complexity index is 477. The molecule has 2 fully saturated rings. The molecule has 0 aromatic heterocycles. The van der Waals surface area contributed by atoms with Crippen molar-refractivity contribution in [2.45, 2.75) is 57.3 Å². The normalized spacial score (nSPS) is 28.4. The first kappa shape index (κ1) is 15.0. The molecule has 2 aliphatic rings. The first-order valence-corrected chi connectivity index (χ1v) is 8.09. The number of benzene rings is 1. The maximum Gasteiger partial charge on any atom is 0.106 e. The molecule has 0 radical (unpaired) electrons. The molecule has 21 heavy (non-hydrogen) atoms. The summed E-state index contributed by atoms with van der Waals surface area (Å²) >= 11 is 0. The fraction of sp³-hybridized carbons (Fsp3) is 0.667. The summed E-state index contributed by atoms with van der Waals surface area (Å²) in [5, 5.41) is 10.6. The van der Waals surface area contributed by atoms with E-state index < -0.39 is 6.10 Å². The van der Waals surface area contributed by atoms with Crippen molar-refractivity contribution in [3.63, 3.8) is 0 Å². The highest BCUT2D eigenvalue weighted by atomic mass is 16.5. The minimum Gasteiger partial charge on any atom is -0.386 e. The second-order valence-electron chi connectivity index (χ2n) is 7.48. The molecule has 0 spiro atoms. The van der Waals surface area contributed by atoms with Gasteiger partial charge in [0, 0.05) is 12.6 Å². The summed E-state index contributed by atoms with van der Waals surface area (Å²) in [6.07, 6.45) is 1.88. The van der Waals surface area contributed by atoms with Crippen LogP contribution in [0.15, 0.2) is 24.3 Å². The SMILES string of the molecule is CC(C)(C)c1ccc(C(O)C2CN3CCCC3CO2)cc1. The van der Waals surface area contributed by atoms with Crippen molar-refractivity contribution in [3.8, 4) is 0 Å². The molecule has 3 nitrogen and oxygen atoms in total. The van der Waals surface area contributed by atoms with E-state index in [1.54, 1.807) is 0 Å². The zero-order valence-corrected chi connectivity index (χ0v) is 13.4. The van der Waals surface area contributed by atoms with Gasteiger partial charge in [0.1, 0.15) is 12.2 Å². The lowest BCUT2D eigenvalue weighted by atomic mass is 9.86. The topological polar surface area (TPSA) is 32.7 Å². The summed E-state index contributed by atoms with van der Waals surface area (Å²) in [6.45, 7) is 9.39. The van der Waals surface area contributed by atoms with Crippen molar-refractivity contribution in [2.75, 3.05) is 19.7 Å². The van der Waals surface area contributed by atoms with Crippen LogP contribution in [0.5, 0.6) is 0 Å². The molecule has 1 N–H and O–H groups in total. The van der Waals surface area contributed by atoms with E-state index in [2.05, 4.69) is 37.8 Å². The van der Waals surface area contributed by atoms with Gasteiger partial charge in [-0.15, -0.1) is 0 Å². The second-order valence-corrected chi connectivity index (χ2v) is 7.48. The summed E-state index contributed by atoms with van der Waals surface area (Å²) in [7, 11) is 0. The van der Waals surface area contributed by atoms with Gasteiger partial charge < -0.3 is 9.84 Å². The summed E-state index contributed by atoms with van der Waals surface area (Å²) in [5.41, 5.74) is 2.40. The molecule has 0 amide bonds. The van der Waals surface area contributed by atoms with E-state index in [1.165, 1.54) is 18.4 Å². The maximum atomic E-state index is 10.6. The van der Waals surface area contributed by atoms with E-state index in [4.69, 9.17) is 4.74 Å². The van der Waals surface area contributed by atoms with Gasteiger partial charge in [-0.25, -0.2) is 0 Å². The molecule has 1 aromatic rings. The predicted octanol–water partition coefficient (Wildman–Crippen LogP) is 2.88. The Morgan fingerprint density at radius 3 is 2.62 bits per heavy atom. The van der Waals surface area contributed by atoms with Crippen molar-refractivity contribution >= 4 is 0 Å². The first-order chi connectivity index (χ1) is 9.95. The Kier molecular flexibility index (Phi) is 4.08. The van der Waals surface area contributed by atoms with Gasteiger partial charge in [0.25, 0.3) is 0 Å². The molecule has 3 unspecified atom stereocenters. The fourth-order valence-electron chi connectivity index (χ4n) is 3.43. The molecule has 0 bridgehead atoms. The van der Waals surface area contributed by atoms with Crippen LogP contribution in [-0.4, -0.2) is 41.8 Å². The lowest BCUT2D eigenvalue weighted by Gasteiger charge is -2.37. The molecule has 1 aromatic carbocycles. The van der Waals surface area contributed by atoms with Gasteiger partial charge in [-0.1, -0.05) is 45.0 Å². The number of morpholine rings is 1. The van der Waals surface area contributed by atoms with E-state index in [-0.39, 0.29) is 11.5 Å². The molecule has 0 aliphatic carbocycles. The smallest absolute Gasteiger partial charge is 0.106 e. The lowest BCUT2D eigenvalue weighted by Crippen LogP contribution is -2.48. The lowest BCUT2D eigenvalue weighted by molar-refractivity contribution is -0.103. The van der Waals surface area contributed by atoms with Crippen LogP contribution in [-0.2, 0) is 10.2 Å². The molecule has 3 heteroatoms. The largest absolute Gasteiger partial charge is 0.386 e. The molecular formula is C18H27NO2. The van der Waals surface area contributed by atoms with Gasteiger partial charge in [-0.05, 0) is 35.9 Å². The van der Waals surface area contributed by atoms with Crippen LogP contribution >= 0.6 is 0 Å². The summed E-state index contributed by atoms with van der Waals surface area (Å²) < 4.78 is 5.91. The average molecular weight is 289 g/mol. The van der Waals surface area contributed by atoms with Crippen LogP contribution in [0.2, 0.25) is 0 Å². The number of aliphatic hydroxyl groups is 1. The van der Waals surface area contributed by atoms with Crippen LogP contribution in [0.3, 0.4) is 0 Å². The van der Waals surface area contributed by atoms with Crippen molar-refractivity contribution in [3.05, 3.63) is 35.4 Å². The Balaban J connectivity index is 1.69. The first-order valence-electron chi connectivity index (χ1n) is 8.09. The number of fused-ring (bicyclic) bond motifs is 1. The van der Waals surface area contributed by atoms with Gasteiger partial charge in [0.15, 0.2) is 0 Å². The van der Waals surface area contributed by atoms with Crippen LogP contribution in [0.1, 0.15) is 50.8 Å². The Hall–Kier alpha value is -0.900. The number of rotatable bonds is 2. The molecule has 3 atom stereocenters. The molecule has 0 saturated carbocycles. The molecule has 3 rings (SSSR count). The van der Waals surface area contributed by atoms with E-state index in [0.717, 1.165) is 25.3 Å². The van der Waals surface area contributed by atoms with E-state index in [1.807, 2.05) is 12.1 Å². The number of hydrogen-bond donors (Lipinski definition) is 1. The third kappa shape index (κ3) is 3.15. The van der Waals surface area contributed by atoms with Gasteiger partial charge in [-0.2, -0.15) is 0 Å². The highest BCUT2D eigenvalue weighted by molar-refractivity contribution is 5.29. The minimum absolute atomic E-state index is 0.0974. The molecule has 2 saturated heterocycles. The molecular weight excluding hydrogens is 262 g/mol. The van der Waals surface area contributed by atoms with E-state index in [9.17, 15) is 5.11 Å². The fourth-order valence-corrected chi connectivity index (χ4v) is 3.43. The van der Waals surface area contributed by atoms with Crippen molar-refractivity contribution in [1.82, 2.24) is 4.90 Å². The zero-order valence-electron chi connectivity index (χ0n) is 13.4. The van der Waals surface area contributed by atoms with Gasteiger partial charge in [0.05, 0.1) is 6.61 Å². The Morgan fingerprint density at radius 1 is 1.24 bits per heavy atom. The van der Waals surface area contributed by atoms with E-state index in [0.29, 0.717) is 6.04 Å². The number of aliphatic hydroxyl groups excluding tert-OH is 1. The van der Waals surface area contributed by atoms with Crippen molar-refractivity contribution in [1.29, 1.82) is 0 Å². The highest BCUT2D eigenvalue weighted by Crippen LogP contribution is 2.30. The van der Waals surface area contributed by atoms with Crippen LogP contribution in [0, 0.1) is 0 Å². The number of hydrogen-bond acceptors (Lipinski definition) is 3. The maximum absolute atomic E-state index is 10.6. The Labute approximate surface area is 127 Å². The summed E-state index contributed by atoms with van der Waals surface area (Å²) in [5.74, 6) is 0. The van der Waals surface area contributed by atoms with Crippen molar-refractivity contribution in [2.24, 2.45) is 0 Å². The molecule has 116 valence electrons. The van der Waals surface area contributed by atoms with Gasteiger partial charge in [-0.3, -0.25) is 4.90 Å². The minimum atomic E-state index is -0.527. The quantitative estimate of drug-likeness (QED) is 0.908. The third-order valence-electron chi connectivity index (χ3n) is 4.89. The standard InChI is InChI=1S/C18H27NO2/c1-18(2,3)14-8-6-13(7-9-14)17(20)16-11-19-10-4-5-15(19)12-21-16/h6-9,15-17,20H,4-5,10-12H2,1-3H3. The number of ether oxygens (including phenoxy) is 1. The van der Waals surface area contributed by atoms with Crippen LogP contribution in [0.25, 0.3) is 0 Å². The summed E-state index contributed by atoms with van der Waals surface area (Å²) in [4.78, 5) is 2.47. The van der Waals surface area contributed by atoms with Crippen LogP contribution < -0.4 is 0 Å². The zero-order chi connectivity index (χ0) is 15.0. The Morgan fingerprint density at radius 2 is 1.95 bits per heavy atom. The molecule has 2 heterocycles. The van der Waals surface area contributed by atoms with Gasteiger partial charge in [0.2, 0.25) is 0 Å². The van der Waals surface area contributed by atoms with Gasteiger partial charge >= 0.3 is 0 Å². The van der Waals surface area contributed by atoms with Crippen LogP contribution in [0.4, 0.5) is 0 Å². The monoisotopic (exact) mass is 289 g/mol. The van der Waals surface area contributed by atoms with Crippen molar-refractivity contribution < 1.29 is 9.84 Å². The van der Waals surface area contributed by atoms with E-state index >= 15 is 0 Å². The molecule has 2 aliphatic heterocycles. The summed E-state index contributed by atoms with van der Waals surface area (Å²) in [6, 6.07) is 8.92. The third-order valence-corrected chi connectivity index (χ3v) is 4.89. The second kappa shape index (κ2) is 5.71.